The molecule has 1 aromatic heterocycles. The molecule has 0 aliphatic rings. The van der Waals surface area contributed by atoms with Gasteiger partial charge in [0.25, 0.3) is 5.91 Å². The van der Waals surface area contributed by atoms with Crippen LogP contribution >= 0.6 is 0 Å². The van der Waals surface area contributed by atoms with E-state index in [2.05, 4.69) is 22.2 Å². The van der Waals surface area contributed by atoms with Crippen LogP contribution in [0.4, 0.5) is 11.6 Å². The van der Waals surface area contributed by atoms with Gasteiger partial charge in [-0.1, -0.05) is 31.0 Å². The smallest absolute Gasteiger partial charge is 0.274 e. The Hall–Kier alpha value is -2.43. The summed E-state index contributed by atoms with van der Waals surface area (Å²) in [6.45, 7) is 8.92. The minimum atomic E-state index is -0.211. The molecule has 0 aliphatic carbocycles. The monoisotopic (exact) mass is 326 g/mol. The summed E-state index contributed by atoms with van der Waals surface area (Å²) in [6, 6.07) is 7.67. The third kappa shape index (κ3) is 4.54. The maximum atomic E-state index is 12.6. The van der Waals surface area contributed by atoms with Crippen molar-refractivity contribution in [3.63, 3.8) is 0 Å². The molecule has 0 fully saturated rings. The molecule has 1 N–H and O–H groups in total. The molecule has 2 aromatic rings. The van der Waals surface area contributed by atoms with Crippen LogP contribution in [0.15, 0.2) is 24.3 Å². The molecule has 5 nitrogen and oxygen atoms in total. The average molecular weight is 326 g/mol. The van der Waals surface area contributed by atoms with Gasteiger partial charge in [-0.3, -0.25) is 4.79 Å². The van der Waals surface area contributed by atoms with Gasteiger partial charge in [0.1, 0.15) is 5.69 Å². The second-order valence-corrected chi connectivity index (χ2v) is 6.24. The predicted octanol–water partition coefficient (Wildman–Crippen LogP) is 3.89. The molecule has 0 bridgehead atoms. The van der Waals surface area contributed by atoms with Crippen LogP contribution in [0.1, 0.15) is 47.1 Å². The highest BCUT2D eigenvalue weighted by Gasteiger charge is 2.14. The summed E-state index contributed by atoms with van der Waals surface area (Å²) in [4.78, 5) is 23.4. The van der Waals surface area contributed by atoms with Gasteiger partial charge >= 0.3 is 0 Å². The molecule has 0 unspecified atom stereocenters. The first kappa shape index (κ1) is 17.9. The van der Waals surface area contributed by atoms with Gasteiger partial charge < -0.3 is 10.2 Å². The Kier molecular flexibility index (Phi) is 5.90. The second kappa shape index (κ2) is 7.90. The second-order valence-electron chi connectivity index (χ2n) is 6.24. The topological polar surface area (TPSA) is 58.1 Å². The van der Waals surface area contributed by atoms with Crippen molar-refractivity contribution in [3.05, 3.63) is 46.8 Å². The Labute approximate surface area is 144 Å². The van der Waals surface area contributed by atoms with Crippen LogP contribution < -0.4 is 10.2 Å². The molecule has 1 aromatic carbocycles. The number of aryl methyl sites for hydroxylation is 3. The molecule has 128 valence electrons. The zero-order chi connectivity index (χ0) is 17.7. The standard InChI is InChI=1S/C19H26N4O/c1-6-7-10-23(5)19-20-15(4)12-17(22-19)18(24)21-16-9-8-13(2)11-14(16)3/h8-9,11-12H,6-7,10H2,1-5H3,(H,21,24). The average Bonchev–Trinajstić information content (AvgIpc) is 2.54. The zero-order valence-electron chi connectivity index (χ0n) is 15.2. The van der Waals surface area contributed by atoms with Crippen molar-refractivity contribution in [2.75, 3.05) is 23.8 Å². The third-order valence-corrected chi connectivity index (χ3v) is 3.89. The SMILES string of the molecule is CCCCN(C)c1nc(C)cc(C(=O)Nc2ccc(C)cc2C)n1. The first-order valence-corrected chi connectivity index (χ1v) is 8.36. The number of hydrogen-bond acceptors (Lipinski definition) is 4. The molecular formula is C19H26N4O. The lowest BCUT2D eigenvalue weighted by atomic mass is 10.1. The molecule has 0 spiro atoms. The van der Waals surface area contributed by atoms with Crippen molar-refractivity contribution in [2.24, 2.45) is 0 Å². The molecule has 24 heavy (non-hydrogen) atoms. The number of rotatable bonds is 6. The number of anilines is 2. The van der Waals surface area contributed by atoms with Gasteiger partial charge in [0, 0.05) is 25.0 Å². The van der Waals surface area contributed by atoms with Gasteiger partial charge in [-0.25, -0.2) is 9.97 Å². The molecule has 0 saturated carbocycles. The summed E-state index contributed by atoms with van der Waals surface area (Å²) in [7, 11) is 1.95. The molecule has 2 rings (SSSR count). The van der Waals surface area contributed by atoms with Gasteiger partial charge in [0.05, 0.1) is 0 Å². The molecule has 0 atom stereocenters. The van der Waals surface area contributed by atoms with Crippen LogP contribution in [0.3, 0.4) is 0 Å². The van der Waals surface area contributed by atoms with E-state index in [0.717, 1.165) is 36.3 Å². The van der Waals surface area contributed by atoms with E-state index in [1.807, 2.05) is 50.9 Å². The van der Waals surface area contributed by atoms with Crippen LogP contribution in [0.2, 0.25) is 0 Å². The minimum absolute atomic E-state index is 0.211. The lowest BCUT2D eigenvalue weighted by molar-refractivity contribution is 0.102. The van der Waals surface area contributed by atoms with Crippen LogP contribution in [0, 0.1) is 20.8 Å². The Morgan fingerprint density at radius 2 is 1.92 bits per heavy atom. The molecule has 0 radical (unpaired) electrons. The van der Waals surface area contributed by atoms with Crippen molar-refractivity contribution in [2.45, 2.75) is 40.5 Å². The van der Waals surface area contributed by atoms with E-state index in [-0.39, 0.29) is 5.91 Å². The number of nitrogens with one attached hydrogen (secondary N) is 1. The quantitative estimate of drug-likeness (QED) is 0.875. The fourth-order valence-corrected chi connectivity index (χ4v) is 2.48. The Bertz CT molecular complexity index is 727. The zero-order valence-corrected chi connectivity index (χ0v) is 15.2. The number of aromatic nitrogens is 2. The van der Waals surface area contributed by atoms with Gasteiger partial charge in [-0.2, -0.15) is 0 Å². The summed E-state index contributed by atoms with van der Waals surface area (Å²) in [5.41, 5.74) is 4.19. The summed E-state index contributed by atoms with van der Waals surface area (Å²) in [5, 5.41) is 2.94. The van der Waals surface area contributed by atoms with Crippen LogP contribution in [0.5, 0.6) is 0 Å². The van der Waals surface area contributed by atoms with E-state index in [9.17, 15) is 4.79 Å². The van der Waals surface area contributed by atoms with E-state index < -0.39 is 0 Å². The minimum Gasteiger partial charge on any atom is -0.344 e. The summed E-state index contributed by atoms with van der Waals surface area (Å²) < 4.78 is 0. The maximum Gasteiger partial charge on any atom is 0.274 e. The number of amides is 1. The van der Waals surface area contributed by atoms with Crippen LogP contribution in [-0.2, 0) is 0 Å². The van der Waals surface area contributed by atoms with Crippen molar-refractivity contribution in [1.29, 1.82) is 0 Å². The van der Waals surface area contributed by atoms with Crippen molar-refractivity contribution >= 4 is 17.5 Å². The number of unbranched alkanes of at least 4 members (excludes halogenated alkanes) is 1. The fourth-order valence-electron chi connectivity index (χ4n) is 2.48. The van der Waals surface area contributed by atoms with E-state index in [4.69, 9.17) is 0 Å². The number of carbonyl (C=O) groups excluding carboxylic acids is 1. The number of benzene rings is 1. The number of carbonyl (C=O) groups is 1. The molecule has 5 heteroatoms. The first-order chi connectivity index (χ1) is 11.4. The molecule has 1 amide bonds. The molecular weight excluding hydrogens is 300 g/mol. The highest BCUT2D eigenvalue weighted by molar-refractivity contribution is 6.03. The maximum absolute atomic E-state index is 12.6. The highest BCUT2D eigenvalue weighted by Crippen LogP contribution is 2.17. The first-order valence-electron chi connectivity index (χ1n) is 8.36. The van der Waals surface area contributed by atoms with E-state index in [1.54, 1.807) is 6.07 Å². The highest BCUT2D eigenvalue weighted by atomic mass is 16.1. The van der Waals surface area contributed by atoms with Gasteiger partial charge in [0.15, 0.2) is 0 Å². The van der Waals surface area contributed by atoms with E-state index in [0.29, 0.717) is 11.6 Å². The Balaban J connectivity index is 2.21. The molecule has 0 aliphatic heterocycles. The van der Waals surface area contributed by atoms with Crippen LogP contribution in [-0.4, -0.2) is 29.5 Å². The summed E-state index contributed by atoms with van der Waals surface area (Å²) in [6.07, 6.45) is 2.17. The largest absolute Gasteiger partial charge is 0.344 e. The predicted molar refractivity (Wildman–Crippen MR) is 98.8 cm³/mol. The number of hydrogen-bond donors (Lipinski definition) is 1. The molecule has 1 heterocycles. The summed E-state index contributed by atoms with van der Waals surface area (Å²) in [5.74, 6) is 0.381. The lowest BCUT2D eigenvalue weighted by Gasteiger charge is -2.17. The lowest BCUT2D eigenvalue weighted by Crippen LogP contribution is -2.23. The van der Waals surface area contributed by atoms with Gasteiger partial charge in [-0.05, 0) is 44.9 Å². The van der Waals surface area contributed by atoms with Crippen LogP contribution in [0.25, 0.3) is 0 Å². The van der Waals surface area contributed by atoms with Gasteiger partial charge in [0.2, 0.25) is 5.95 Å². The van der Waals surface area contributed by atoms with Crippen molar-refractivity contribution < 1.29 is 4.79 Å². The van der Waals surface area contributed by atoms with E-state index >= 15 is 0 Å². The van der Waals surface area contributed by atoms with Gasteiger partial charge in [-0.15, -0.1) is 0 Å². The van der Waals surface area contributed by atoms with E-state index in [1.165, 1.54) is 5.56 Å². The van der Waals surface area contributed by atoms with Crippen molar-refractivity contribution in [3.8, 4) is 0 Å². The fraction of sp³-hybridized carbons (Fsp3) is 0.421. The Morgan fingerprint density at radius 3 is 2.58 bits per heavy atom. The molecule has 0 saturated heterocycles. The summed E-state index contributed by atoms with van der Waals surface area (Å²) >= 11 is 0. The third-order valence-electron chi connectivity index (χ3n) is 3.89. The Morgan fingerprint density at radius 1 is 1.17 bits per heavy atom. The normalized spacial score (nSPS) is 10.5. The van der Waals surface area contributed by atoms with Crippen molar-refractivity contribution in [1.82, 2.24) is 9.97 Å². The number of nitrogens with zero attached hydrogens (tertiary/aromatic N) is 3.